The minimum absolute atomic E-state index is 0.239. The Morgan fingerprint density at radius 3 is 2.47 bits per heavy atom. The van der Waals surface area contributed by atoms with Gasteiger partial charge >= 0.3 is 0 Å². The highest BCUT2D eigenvalue weighted by atomic mass is 79.9. The van der Waals surface area contributed by atoms with Crippen LogP contribution in [0.15, 0.2) is 28.7 Å². The molecule has 0 aliphatic heterocycles. The van der Waals surface area contributed by atoms with E-state index in [-0.39, 0.29) is 5.91 Å². The Balaban J connectivity index is 2.93. The van der Waals surface area contributed by atoms with E-state index in [0.29, 0.717) is 18.5 Å². The van der Waals surface area contributed by atoms with Crippen molar-refractivity contribution in [3.8, 4) is 6.07 Å². The molecule has 0 radical (unpaired) electrons. The second-order valence-corrected chi connectivity index (χ2v) is 4.69. The van der Waals surface area contributed by atoms with Gasteiger partial charge < -0.3 is 5.32 Å². The summed E-state index contributed by atoms with van der Waals surface area (Å²) in [4.78, 5) is 12.1. The number of nitrogens with one attached hydrogen (secondary N) is 1. The molecule has 1 rings (SSSR count). The second-order valence-electron chi connectivity index (χ2n) is 3.83. The van der Waals surface area contributed by atoms with Gasteiger partial charge in [0.05, 0.1) is 11.8 Å². The molecule has 0 aliphatic carbocycles. The fraction of sp³-hybridized carbons (Fsp3) is 0.385. The number of para-hydroxylation sites is 1. The van der Waals surface area contributed by atoms with Crippen molar-refractivity contribution in [2.75, 3.05) is 5.32 Å². The number of anilines is 1. The lowest BCUT2D eigenvalue weighted by molar-refractivity contribution is -0.123. The average molecular weight is 295 g/mol. The zero-order valence-electron chi connectivity index (χ0n) is 9.96. The van der Waals surface area contributed by atoms with Crippen molar-refractivity contribution in [1.82, 2.24) is 0 Å². The van der Waals surface area contributed by atoms with Crippen molar-refractivity contribution in [3.63, 3.8) is 0 Å². The Bertz CT molecular complexity index is 447. The van der Waals surface area contributed by atoms with Crippen LogP contribution in [-0.4, -0.2) is 5.91 Å². The molecule has 0 fully saturated rings. The molecule has 0 saturated carbocycles. The Morgan fingerprint density at radius 2 is 2.00 bits per heavy atom. The fourth-order valence-electron chi connectivity index (χ4n) is 1.58. The van der Waals surface area contributed by atoms with Crippen LogP contribution in [0.4, 0.5) is 5.69 Å². The van der Waals surface area contributed by atoms with Gasteiger partial charge in [0.1, 0.15) is 5.41 Å². The molecule has 0 aliphatic rings. The van der Waals surface area contributed by atoms with E-state index in [1.807, 2.05) is 32.0 Å². The monoisotopic (exact) mass is 294 g/mol. The summed E-state index contributed by atoms with van der Waals surface area (Å²) in [6, 6.07) is 9.49. The first-order valence-electron chi connectivity index (χ1n) is 5.57. The normalized spacial score (nSPS) is 10.7. The molecular weight excluding hydrogens is 280 g/mol. The second kappa shape index (κ2) is 5.83. The third-order valence-corrected chi connectivity index (χ3v) is 3.67. The summed E-state index contributed by atoms with van der Waals surface area (Å²) in [6.07, 6.45) is 1.02. The Kier molecular flexibility index (Phi) is 4.71. The van der Waals surface area contributed by atoms with E-state index in [9.17, 15) is 10.1 Å². The van der Waals surface area contributed by atoms with Crippen molar-refractivity contribution in [1.29, 1.82) is 5.26 Å². The Labute approximate surface area is 110 Å². The summed E-state index contributed by atoms with van der Waals surface area (Å²) in [5.41, 5.74) is -0.242. The molecule has 1 aromatic rings. The van der Waals surface area contributed by atoms with Gasteiger partial charge in [0.2, 0.25) is 5.91 Å². The average Bonchev–Trinajstić information content (AvgIpc) is 2.35. The molecule has 0 spiro atoms. The minimum atomic E-state index is -0.935. The van der Waals surface area contributed by atoms with E-state index in [1.165, 1.54) is 0 Å². The number of carbonyl (C=O) groups excluding carboxylic acids is 1. The molecule has 3 nitrogen and oxygen atoms in total. The molecule has 1 aromatic carbocycles. The molecule has 90 valence electrons. The summed E-state index contributed by atoms with van der Waals surface area (Å²) in [7, 11) is 0. The van der Waals surface area contributed by atoms with Crippen LogP contribution in [0.2, 0.25) is 0 Å². The maximum Gasteiger partial charge on any atom is 0.244 e. The summed E-state index contributed by atoms with van der Waals surface area (Å²) < 4.78 is 0.812. The SMILES string of the molecule is CCC(C#N)(CC)C(=O)Nc1ccccc1Br. The van der Waals surface area contributed by atoms with Crippen molar-refractivity contribution < 1.29 is 4.79 Å². The van der Waals surface area contributed by atoms with Gasteiger partial charge in [-0.15, -0.1) is 0 Å². The maximum atomic E-state index is 12.1. The molecule has 0 aromatic heterocycles. The van der Waals surface area contributed by atoms with Gasteiger partial charge in [0, 0.05) is 4.47 Å². The smallest absolute Gasteiger partial charge is 0.244 e. The van der Waals surface area contributed by atoms with E-state index < -0.39 is 5.41 Å². The van der Waals surface area contributed by atoms with Gasteiger partial charge in [0.25, 0.3) is 0 Å². The number of hydrogen-bond donors (Lipinski definition) is 1. The Hall–Kier alpha value is -1.34. The van der Waals surface area contributed by atoms with Crippen LogP contribution in [0, 0.1) is 16.7 Å². The van der Waals surface area contributed by atoms with Gasteiger partial charge in [-0.05, 0) is 40.9 Å². The van der Waals surface area contributed by atoms with Crippen molar-refractivity contribution in [3.05, 3.63) is 28.7 Å². The lowest BCUT2D eigenvalue weighted by Crippen LogP contribution is -2.34. The molecule has 1 N–H and O–H groups in total. The number of nitriles is 1. The highest BCUT2D eigenvalue weighted by molar-refractivity contribution is 9.10. The van der Waals surface area contributed by atoms with E-state index in [4.69, 9.17) is 0 Å². The zero-order valence-corrected chi connectivity index (χ0v) is 11.5. The van der Waals surface area contributed by atoms with Gasteiger partial charge in [-0.1, -0.05) is 26.0 Å². The molecule has 1 amide bonds. The third-order valence-electron chi connectivity index (χ3n) is 2.98. The van der Waals surface area contributed by atoms with Crippen molar-refractivity contribution in [2.45, 2.75) is 26.7 Å². The number of amides is 1. The standard InChI is InChI=1S/C13H15BrN2O/c1-3-13(4-2,9-15)12(17)16-11-8-6-5-7-10(11)14/h5-8H,3-4H2,1-2H3,(H,16,17). The third kappa shape index (κ3) is 2.86. The van der Waals surface area contributed by atoms with E-state index in [0.717, 1.165) is 4.47 Å². The van der Waals surface area contributed by atoms with Crippen LogP contribution in [-0.2, 0) is 4.79 Å². The molecule has 4 heteroatoms. The predicted octanol–water partition coefficient (Wildman–Crippen LogP) is 3.72. The largest absolute Gasteiger partial charge is 0.324 e. The van der Waals surface area contributed by atoms with Gasteiger partial charge in [0.15, 0.2) is 0 Å². The Morgan fingerprint density at radius 1 is 1.41 bits per heavy atom. The topological polar surface area (TPSA) is 52.9 Å². The van der Waals surface area contributed by atoms with Crippen LogP contribution < -0.4 is 5.32 Å². The van der Waals surface area contributed by atoms with Crippen molar-refractivity contribution >= 4 is 27.5 Å². The molecule has 17 heavy (non-hydrogen) atoms. The van der Waals surface area contributed by atoms with Crippen LogP contribution in [0.1, 0.15) is 26.7 Å². The first-order chi connectivity index (χ1) is 8.09. The lowest BCUT2D eigenvalue weighted by Gasteiger charge is -2.22. The van der Waals surface area contributed by atoms with Crippen LogP contribution in [0.5, 0.6) is 0 Å². The first kappa shape index (κ1) is 13.7. The van der Waals surface area contributed by atoms with Crippen LogP contribution in [0.3, 0.4) is 0 Å². The molecule has 0 saturated heterocycles. The van der Waals surface area contributed by atoms with Crippen molar-refractivity contribution in [2.24, 2.45) is 5.41 Å². The van der Waals surface area contributed by atoms with E-state index in [1.54, 1.807) is 6.07 Å². The van der Waals surface area contributed by atoms with Gasteiger partial charge in [-0.2, -0.15) is 5.26 Å². The number of halogens is 1. The molecule has 0 unspecified atom stereocenters. The molecule has 0 bridgehead atoms. The summed E-state index contributed by atoms with van der Waals surface area (Å²) in [6.45, 7) is 3.71. The first-order valence-corrected chi connectivity index (χ1v) is 6.36. The summed E-state index contributed by atoms with van der Waals surface area (Å²) in [5.74, 6) is -0.239. The van der Waals surface area contributed by atoms with Gasteiger partial charge in [-0.3, -0.25) is 4.79 Å². The number of carbonyl (C=O) groups is 1. The van der Waals surface area contributed by atoms with Gasteiger partial charge in [-0.25, -0.2) is 0 Å². The van der Waals surface area contributed by atoms with E-state index >= 15 is 0 Å². The number of hydrogen-bond acceptors (Lipinski definition) is 2. The minimum Gasteiger partial charge on any atom is -0.324 e. The summed E-state index contributed by atoms with van der Waals surface area (Å²) >= 11 is 3.36. The highest BCUT2D eigenvalue weighted by Crippen LogP contribution is 2.29. The molecule has 0 atom stereocenters. The maximum absolute atomic E-state index is 12.1. The van der Waals surface area contributed by atoms with E-state index in [2.05, 4.69) is 27.3 Å². The zero-order chi connectivity index (χ0) is 12.9. The fourth-order valence-corrected chi connectivity index (χ4v) is 1.97. The molecular formula is C13H15BrN2O. The number of nitrogens with zero attached hydrogens (tertiary/aromatic N) is 1. The summed E-state index contributed by atoms with van der Waals surface area (Å²) in [5, 5.41) is 12.0. The molecule has 0 heterocycles. The predicted molar refractivity (Wildman–Crippen MR) is 71.4 cm³/mol. The lowest BCUT2D eigenvalue weighted by atomic mass is 9.83. The quantitative estimate of drug-likeness (QED) is 0.920. The number of rotatable bonds is 4. The number of benzene rings is 1. The van der Waals surface area contributed by atoms with Crippen LogP contribution >= 0.6 is 15.9 Å². The van der Waals surface area contributed by atoms with Crippen LogP contribution in [0.25, 0.3) is 0 Å². The highest BCUT2D eigenvalue weighted by Gasteiger charge is 2.35.